The lowest BCUT2D eigenvalue weighted by atomic mass is 9.92. The van der Waals surface area contributed by atoms with Crippen LogP contribution in [0.5, 0.6) is 0 Å². The molecule has 0 unspecified atom stereocenters. The third-order valence-corrected chi connectivity index (χ3v) is 4.52. The molecule has 0 N–H and O–H groups in total. The molecule has 0 amide bonds. The molecule has 4 rings (SSSR count). The zero-order valence-corrected chi connectivity index (χ0v) is 11.8. The van der Waals surface area contributed by atoms with Gasteiger partial charge in [-0.15, -0.1) is 11.3 Å². The van der Waals surface area contributed by atoms with E-state index in [9.17, 15) is 0 Å². The molecule has 2 aromatic carbocycles. The van der Waals surface area contributed by atoms with Crippen LogP contribution in [0.4, 0.5) is 0 Å². The van der Waals surface area contributed by atoms with Gasteiger partial charge < -0.3 is 0 Å². The first-order valence-electron chi connectivity index (χ1n) is 6.92. The number of thiophene rings is 1. The Balaban J connectivity index is 0.000000117. The fourth-order valence-electron chi connectivity index (χ4n) is 2.58. The normalized spacial score (nSPS) is 13.5. The lowest BCUT2D eigenvalue weighted by Gasteiger charge is -2.13. The highest BCUT2D eigenvalue weighted by Crippen LogP contribution is 2.20. The highest BCUT2D eigenvalue weighted by molar-refractivity contribution is 7.17. The first kappa shape index (κ1) is 12.4. The molecule has 0 spiro atoms. The van der Waals surface area contributed by atoms with E-state index in [1.807, 2.05) is 0 Å². The van der Waals surface area contributed by atoms with Crippen molar-refractivity contribution in [3.8, 4) is 0 Å². The van der Waals surface area contributed by atoms with Crippen molar-refractivity contribution in [1.29, 1.82) is 0 Å². The van der Waals surface area contributed by atoms with Gasteiger partial charge in [-0.25, -0.2) is 0 Å². The molecule has 19 heavy (non-hydrogen) atoms. The molecule has 0 saturated carbocycles. The molecule has 1 heteroatoms. The molecule has 1 heterocycles. The highest BCUT2D eigenvalue weighted by Gasteiger charge is 2.05. The lowest BCUT2D eigenvalue weighted by molar-refractivity contribution is 0.685. The second-order valence-corrected chi connectivity index (χ2v) is 5.88. The van der Waals surface area contributed by atoms with Gasteiger partial charge >= 0.3 is 0 Å². The minimum atomic E-state index is 1.30. The number of hydrogen-bond donors (Lipinski definition) is 0. The summed E-state index contributed by atoms with van der Waals surface area (Å²) in [4.78, 5) is 0. The van der Waals surface area contributed by atoms with Crippen LogP contribution in [0.25, 0.3) is 10.1 Å². The fourth-order valence-corrected chi connectivity index (χ4v) is 3.37. The molecule has 0 saturated heterocycles. The molecule has 3 aromatic rings. The van der Waals surface area contributed by atoms with E-state index >= 15 is 0 Å². The SMILES string of the molecule is c1ccc2c(c1)CCCC2.c1ccc2sccc2c1. The molecular weight excluding hydrogens is 248 g/mol. The highest BCUT2D eigenvalue weighted by atomic mass is 32.1. The van der Waals surface area contributed by atoms with Crippen molar-refractivity contribution < 1.29 is 0 Å². The number of benzene rings is 2. The molecule has 96 valence electrons. The number of aryl methyl sites for hydroxylation is 2. The number of fused-ring (bicyclic) bond motifs is 2. The summed E-state index contributed by atoms with van der Waals surface area (Å²) in [6.45, 7) is 0. The van der Waals surface area contributed by atoms with E-state index in [1.165, 1.54) is 35.8 Å². The van der Waals surface area contributed by atoms with Gasteiger partial charge in [-0.1, -0.05) is 42.5 Å². The van der Waals surface area contributed by atoms with Crippen LogP contribution in [0.15, 0.2) is 60.0 Å². The Hall–Kier alpha value is -1.60. The number of rotatable bonds is 0. The molecule has 1 aromatic heterocycles. The third kappa shape index (κ3) is 3.05. The van der Waals surface area contributed by atoms with Gasteiger partial charge in [0.25, 0.3) is 0 Å². The van der Waals surface area contributed by atoms with E-state index in [-0.39, 0.29) is 0 Å². The smallest absolute Gasteiger partial charge is 0.0342 e. The van der Waals surface area contributed by atoms with E-state index in [0.29, 0.717) is 0 Å². The van der Waals surface area contributed by atoms with Crippen molar-refractivity contribution in [2.75, 3.05) is 0 Å². The Bertz CT molecular complexity index is 596. The summed E-state index contributed by atoms with van der Waals surface area (Å²) in [6, 6.07) is 19.3. The molecule has 0 bridgehead atoms. The first-order valence-corrected chi connectivity index (χ1v) is 7.80. The van der Waals surface area contributed by atoms with Crippen LogP contribution < -0.4 is 0 Å². The van der Waals surface area contributed by atoms with E-state index < -0.39 is 0 Å². The summed E-state index contributed by atoms with van der Waals surface area (Å²) in [5.74, 6) is 0. The predicted octanol–water partition coefficient (Wildman–Crippen LogP) is 5.47. The monoisotopic (exact) mass is 266 g/mol. The number of hydrogen-bond acceptors (Lipinski definition) is 1. The van der Waals surface area contributed by atoms with Gasteiger partial charge in [-0.3, -0.25) is 0 Å². The van der Waals surface area contributed by atoms with Crippen LogP contribution in [0.1, 0.15) is 24.0 Å². The maximum absolute atomic E-state index is 2.26. The van der Waals surface area contributed by atoms with Crippen LogP contribution in [0.3, 0.4) is 0 Å². The van der Waals surface area contributed by atoms with Crippen molar-refractivity contribution in [3.05, 3.63) is 71.1 Å². The Labute approximate surface area is 118 Å². The Morgan fingerprint density at radius 1 is 0.684 bits per heavy atom. The van der Waals surface area contributed by atoms with Crippen molar-refractivity contribution in [1.82, 2.24) is 0 Å². The Kier molecular flexibility index (Phi) is 3.95. The van der Waals surface area contributed by atoms with Gasteiger partial charge in [0.2, 0.25) is 0 Å². The lowest BCUT2D eigenvalue weighted by Crippen LogP contribution is -2.00. The molecule has 0 atom stereocenters. The van der Waals surface area contributed by atoms with Crippen molar-refractivity contribution in [3.63, 3.8) is 0 Å². The maximum Gasteiger partial charge on any atom is 0.0342 e. The summed E-state index contributed by atoms with van der Waals surface area (Å²) in [7, 11) is 0. The van der Waals surface area contributed by atoms with Crippen LogP contribution in [-0.2, 0) is 12.8 Å². The zero-order valence-electron chi connectivity index (χ0n) is 11.0. The van der Waals surface area contributed by atoms with E-state index in [1.54, 1.807) is 22.5 Å². The zero-order chi connectivity index (χ0) is 12.9. The van der Waals surface area contributed by atoms with Crippen LogP contribution >= 0.6 is 11.3 Å². The summed E-state index contributed by atoms with van der Waals surface area (Å²) in [5, 5.41) is 3.47. The molecule has 0 aliphatic heterocycles. The second kappa shape index (κ2) is 6.03. The minimum Gasteiger partial charge on any atom is -0.144 e. The summed E-state index contributed by atoms with van der Waals surface area (Å²) < 4.78 is 1.37. The average Bonchev–Trinajstić information content (AvgIpc) is 2.96. The largest absolute Gasteiger partial charge is 0.144 e. The topological polar surface area (TPSA) is 0 Å². The molecule has 0 fully saturated rings. The fraction of sp³-hybridized carbons (Fsp3) is 0.222. The van der Waals surface area contributed by atoms with E-state index in [2.05, 4.69) is 60.0 Å². The quantitative estimate of drug-likeness (QED) is 0.506. The van der Waals surface area contributed by atoms with Crippen LogP contribution in [0, 0.1) is 0 Å². The van der Waals surface area contributed by atoms with Gasteiger partial charge in [0.15, 0.2) is 0 Å². The second-order valence-electron chi connectivity index (χ2n) is 4.93. The van der Waals surface area contributed by atoms with Gasteiger partial charge in [-0.05, 0) is 59.7 Å². The molecule has 0 nitrogen and oxygen atoms in total. The maximum atomic E-state index is 2.26. The van der Waals surface area contributed by atoms with E-state index in [0.717, 1.165) is 0 Å². The van der Waals surface area contributed by atoms with Gasteiger partial charge in [0.1, 0.15) is 0 Å². The van der Waals surface area contributed by atoms with Crippen molar-refractivity contribution in [2.24, 2.45) is 0 Å². The van der Waals surface area contributed by atoms with Crippen molar-refractivity contribution >= 4 is 21.4 Å². The van der Waals surface area contributed by atoms with Gasteiger partial charge in [0, 0.05) is 4.70 Å². The Morgan fingerprint density at radius 2 is 1.32 bits per heavy atom. The predicted molar refractivity (Wildman–Crippen MR) is 84.9 cm³/mol. The average molecular weight is 266 g/mol. The Morgan fingerprint density at radius 3 is 2.00 bits per heavy atom. The molecule has 0 radical (unpaired) electrons. The summed E-state index contributed by atoms with van der Waals surface area (Å²) in [6.07, 6.45) is 5.38. The molecule has 1 aliphatic carbocycles. The van der Waals surface area contributed by atoms with Crippen molar-refractivity contribution in [2.45, 2.75) is 25.7 Å². The molecule has 1 aliphatic rings. The molecular formula is C18H18S. The van der Waals surface area contributed by atoms with E-state index in [4.69, 9.17) is 0 Å². The van der Waals surface area contributed by atoms with Crippen LogP contribution in [-0.4, -0.2) is 0 Å². The van der Waals surface area contributed by atoms with Gasteiger partial charge in [-0.2, -0.15) is 0 Å². The van der Waals surface area contributed by atoms with Crippen LogP contribution in [0.2, 0.25) is 0 Å². The van der Waals surface area contributed by atoms with Gasteiger partial charge in [0.05, 0.1) is 0 Å². The third-order valence-electron chi connectivity index (χ3n) is 3.62. The minimum absolute atomic E-state index is 1.30. The summed E-state index contributed by atoms with van der Waals surface area (Å²) in [5.41, 5.74) is 3.16. The first-order chi connectivity index (χ1) is 9.43. The summed E-state index contributed by atoms with van der Waals surface area (Å²) >= 11 is 1.79. The standard InChI is InChI=1S/C10H12.C8H6S/c1-2-6-10-8-4-3-7-9(10)5-1;1-2-4-8-7(3-1)5-6-9-8/h1-2,5-6H,3-4,7-8H2;1-6H.